The number of nitrogens with one attached hydrogen (secondary N) is 1. The second-order valence-corrected chi connectivity index (χ2v) is 6.87. The number of carbonyl (C=O) groups is 1. The summed E-state index contributed by atoms with van der Waals surface area (Å²) in [4.78, 5) is 11.9. The molecule has 1 amide bonds. The van der Waals surface area contributed by atoms with E-state index in [0.717, 1.165) is 16.5 Å². The topological polar surface area (TPSA) is 50.9 Å². The molecule has 0 radical (unpaired) electrons. The Balaban J connectivity index is 1.96. The Morgan fingerprint density at radius 1 is 1.55 bits per heavy atom. The Morgan fingerprint density at radius 3 is 2.80 bits per heavy atom. The van der Waals surface area contributed by atoms with Crippen molar-refractivity contribution >= 4 is 22.0 Å². The molecule has 1 N–H and O–H groups in total. The molecular weight excluding hydrogens is 322 g/mol. The van der Waals surface area contributed by atoms with E-state index >= 15 is 0 Å². The zero-order valence-electron chi connectivity index (χ0n) is 12.0. The molecule has 0 unspecified atom stereocenters. The van der Waals surface area contributed by atoms with E-state index in [-0.39, 0.29) is 12.1 Å². The predicted molar refractivity (Wildman–Crippen MR) is 80.7 cm³/mol. The highest BCUT2D eigenvalue weighted by Crippen LogP contribution is 2.20. The van der Waals surface area contributed by atoms with Gasteiger partial charge in [0.05, 0.1) is 12.6 Å². The van der Waals surface area contributed by atoms with Gasteiger partial charge in [0.1, 0.15) is 11.7 Å². The number of carbonyl (C=O) groups excluding carboxylic acids is 1. The van der Waals surface area contributed by atoms with E-state index in [9.17, 15) is 4.79 Å². The predicted octanol–water partition coefficient (Wildman–Crippen LogP) is 3.28. The number of ether oxygens (including phenoxy) is 2. The highest BCUT2D eigenvalue weighted by atomic mass is 79.9. The number of hydrogen-bond acceptors (Lipinski definition) is 3. The van der Waals surface area contributed by atoms with Crippen LogP contribution in [0.15, 0.2) is 28.7 Å². The van der Waals surface area contributed by atoms with Crippen molar-refractivity contribution in [2.75, 3.05) is 6.61 Å². The lowest BCUT2D eigenvalue weighted by atomic mass is 10.0. The summed E-state index contributed by atoms with van der Waals surface area (Å²) in [5, 5.41) is 2.90. The van der Waals surface area contributed by atoms with Crippen molar-refractivity contribution in [3.63, 3.8) is 0 Å². The fourth-order valence-electron chi connectivity index (χ4n) is 1.94. The van der Waals surface area contributed by atoms with E-state index < -0.39 is 11.7 Å². The molecule has 0 aromatic heterocycles. The monoisotopic (exact) mass is 341 g/mol. The third-order valence-corrected chi connectivity index (χ3v) is 3.35. The van der Waals surface area contributed by atoms with E-state index in [1.54, 1.807) is 0 Å². The second kappa shape index (κ2) is 6.14. The van der Waals surface area contributed by atoms with Crippen molar-refractivity contribution < 1.29 is 14.3 Å². The van der Waals surface area contributed by atoms with E-state index in [0.29, 0.717) is 6.61 Å². The molecule has 1 aliphatic heterocycles. The van der Waals surface area contributed by atoms with Crippen LogP contribution in [0.3, 0.4) is 0 Å². The number of alkyl carbamates (subject to hydrolysis) is 1. The van der Waals surface area contributed by atoms with Crippen LogP contribution in [0.2, 0.25) is 0 Å². The lowest BCUT2D eigenvalue weighted by Crippen LogP contribution is -2.43. The van der Waals surface area contributed by atoms with E-state index in [4.69, 9.17) is 9.47 Å². The number of halogens is 1. The molecule has 1 aliphatic rings. The van der Waals surface area contributed by atoms with Crippen molar-refractivity contribution in [1.29, 1.82) is 0 Å². The van der Waals surface area contributed by atoms with Gasteiger partial charge in [-0.1, -0.05) is 28.1 Å². The minimum Gasteiger partial charge on any atom is -0.444 e. The molecule has 4 nitrogen and oxygen atoms in total. The maximum atomic E-state index is 11.9. The molecule has 2 rings (SSSR count). The standard InChI is InChI=1S/C15H20BrNO3/c1-15(2,3)20-14(18)17-12(13-9-19-13)8-10-5-4-6-11(16)7-10/h4-7,12-13H,8-9H2,1-3H3,(H,17,18)/t12-,13+/m0/s1. The van der Waals surface area contributed by atoms with Gasteiger partial charge in [-0.3, -0.25) is 0 Å². The summed E-state index contributed by atoms with van der Waals surface area (Å²) in [6.07, 6.45) is 0.415. The van der Waals surface area contributed by atoms with Gasteiger partial charge in [0.15, 0.2) is 0 Å². The van der Waals surface area contributed by atoms with Gasteiger partial charge >= 0.3 is 6.09 Å². The summed E-state index contributed by atoms with van der Waals surface area (Å²) < 4.78 is 11.6. The lowest BCUT2D eigenvalue weighted by Gasteiger charge is -2.23. The van der Waals surface area contributed by atoms with Crippen molar-refractivity contribution in [2.24, 2.45) is 0 Å². The van der Waals surface area contributed by atoms with E-state index in [2.05, 4.69) is 21.2 Å². The Morgan fingerprint density at radius 2 is 2.25 bits per heavy atom. The summed E-state index contributed by atoms with van der Waals surface area (Å²) in [7, 11) is 0. The summed E-state index contributed by atoms with van der Waals surface area (Å²) in [5.74, 6) is 0. The highest BCUT2D eigenvalue weighted by Gasteiger charge is 2.34. The number of benzene rings is 1. The Labute approximate surface area is 128 Å². The van der Waals surface area contributed by atoms with Crippen LogP contribution in [0, 0.1) is 0 Å². The minimum absolute atomic E-state index is 0.0563. The average molecular weight is 342 g/mol. The normalized spacial score (nSPS) is 19.3. The third kappa shape index (κ3) is 5.13. The van der Waals surface area contributed by atoms with Gasteiger partial charge in [0.25, 0.3) is 0 Å². The first kappa shape index (κ1) is 15.3. The summed E-state index contributed by atoms with van der Waals surface area (Å²) in [5.41, 5.74) is 0.658. The number of hydrogen-bond donors (Lipinski definition) is 1. The number of epoxide rings is 1. The molecule has 1 aromatic rings. The van der Waals surface area contributed by atoms with Gasteiger partial charge in [-0.25, -0.2) is 4.79 Å². The SMILES string of the molecule is CC(C)(C)OC(=O)N[C@@H](Cc1cccc(Br)c1)[C@H]1CO1. The van der Waals surface area contributed by atoms with Gasteiger partial charge in [0.2, 0.25) is 0 Å². The molecule has 5 heteroatoms. The third-order valence-electron chi connectivity index (χ3n) is 2.85. The van der Waals surface area contributed by atoms with Crippen LogP contribution in [-0.2, 0) is 15.9 Å². The maximum absolute atomic E-state index is 11.9. The molecule has 1 aromatic carbocycles. The summed E-state index contributed by atoms with van der Waals surface area (Å²) in [6.45, 7) is 6.24. The number of rotatable bonds is 4. The first-order chi connectivity index (χ1) is 9.33. The van der Waals surface area contributed by atoms with Crippen LogP contribution < -0.4 is 5.32 Å². The van der Waals surface area contributed by atoms with Crippen molar-refractivity contribution in [2.45, 2.75) is 44.9 Å². The van der Waals surface area contributed by atoms with E-state index in [1.807, 2.05) is 45.0 Å². The molecule has 0 aliphatic carbocycles. The first-order valence-corrected chi connectivity index (χ1v) is 7.48. The van der Waals surface area contributed by atoms with Gasteiger partial charge in [-0.2, -0.15) is 0 Å². The van der Waals surface area contributed by atoms with Crippen LogP contribution in [-0.4, -0.2) is 30.4 Å². The van der Waals surface area contributed by atoms with Crippen molar-refractivity contribution in [3.8, 4) is 0 Å². The quantitative estimate of drug-likeness (QED) is 0.855. The Bertz CT molecular complexity index is 480. The van der Waals surface area contributed by atoms with E-state index in [1.165, 1.54) is 0 Å². The van der Waals surface area contributed by atoms with Crippen molar-refractivity contribution in [3.05, 3.63) is 34.3 Å². The molecule has 1 fully saturated rings. The fraction of sp³-hybridized carbons (Fsp3) is 0.533. The van der Waals surface area contributed by atoms with Crippen LogP contribution in [0.5, 0.6) is 0 Å². The van der Waals surface area contributed by atoms with Crippen LogP contribution in [0.1, 0.15) is 26.3 Å². The average Bonchev–Trinajstić information content (AvgIpc) is 3.09. The van der Waals surface area contributed by atoms with Gasteiger partial charge in [-0.05, 0) is 44.9 Å². The molecule has 0 bridgehead atoms. The molecule has 1 heterocycles. The lowest BCUT2D eigenvalue weighted by molar-refractivity contribution is 0.0495. The van der Waals surface area contributed by atoms with Crippen LogP contribution >= 0.6 is 15.9 Å². The molecule has 1 saturated heterocycles. The smallest absolute Gasteiger partial charge is 0.407 e. The fourth-order valence-corrected chi connectivity index (χ4v) is 2.39. The van der Waals surface area contributed by atoms with Crippen LogP contribution in [0.25, 0.3) is 0 Å². The molecule has 2 atom stereocenters. The minimum atomic E-state index is -0.491. The maximum Gasteiger partial charge on any atom is 0.407 e. The molecule has 0 saturated carbocycles. The Kier molecular flexibility index (Phi) is 4.70. The number of amides is 1. The van der Waals surface area contributed by atoms with Crippen LogP contribution in [0.4, 0.5) is 4.79 Å². The molecular formula is C15H20BrNO3. The van der Waals surface area contributed by atoms with Gasteiger partial charge in [-0.15, -0.1) is 0 Å². The first-order valence-electron chi connectivity index (χ1n) is 6.69. The zero-order valence-corrected chi connectivity index (χ0v) is 13.6. The second-order valence-electron chi connectivity index (χ2n) is 5.96. The largest absolute Gasteiger partial charge is 0.444 e. The van der Waals surface area contributed by atoms with Gasteiger partial charge in [0, 0.05) is 4.47 Å². The molecule has 0 spiro atoms. The molecule has 20 heavy (non-hydrogen) atoms. The highest BCUT2D eigenvalue weighted by molar-refractivity contribution is 9.10. The summed E-state index contributed by atoms with van der Waals surface area (Å²) in [6, 6.07) is 7.99. The van der Waals surface area contributed by atoms with Crippen molar-refractivity contribution in [1.82, 2.24) is 5.32 Å². The zero-order chi connectivity index (χ0) is 14.8. The molecule has 110 valence electrons. The Hall–Kier alpha value is -1.07. The van der Waals surface area contributed by atoms with Gasteiger partial charge < -0.3 is 14.8 Å². The summed E-state index contributed by atoms with van der Waals surface area (Å²) >= 11 is 3.45.